The van der Waals surface area contributed by atoms with Gasteiger partial charge in [0.05, 0.1) is 0 Å². The second-order valence-electron chi connectivity index (χ2n) is 12.1. The first-order chi connectivity index (χ1) is 19.0. The van der Waals surface area contributed by atoms with E-state index in [1.54, 1.807) is 0 Å². The minimum absolute atomic E-state index is 0.109. The SMILES string of the molecule is CCCCCCCCCCCCCCCCC(=O)OC[C@H](O)COC(=O)CCCCCCCCCCC(C)C. The number of aliphatic hydroxyl groups is 1. The van der Waals surface area contributed by atoms with Crippen molar-refractivity contribution in [2.45, 2.75) is 187 Å². The number of carbonyl (C=O) groups excluding carboxylic acids is 2. The summed E-state index contributed by atoms with van der Waals surface area (Å²) in [6.07, 6.45) is 28.7. The average Bonchev–Trinajstić information content (AvgIpc) is 2.91. The molecule has 0 rings (SSSR count). The Labute approximate surface area is 242 Å². The summed E-state index contributed by atoms with van der Waals surface area (Å²) in [4.78, 5) is 23.8. The van der Waals surface area contributed by atoms with Crippen molar-refractivity contribution < 1.29 is 24.2 Å². The molecule has 0 aliphatic rings. The molecule has 0 fully saturated rings. The van der Waals surface area contributed by atoms with Crippen molar-refractivity contribution >= 4 is 11.9 Å². The van der Waals surface area contributed by atoms with Gasteiger partial charge in [-0.25, -0.2) is 0 Å². The summed E-state index contributed by atoms with van der Waals surface area (Å²) in [5.41, 5.74) is 0. The molecule has 0 amide bonds. The number of carbonyl (C=O) groups is 2. The molecule has 39 heavy (non-hydrogen) atoms. The van der Waals surface area contributed by atoms with Crippen LogP contribution in [0.3, 0.4) is 0 Å². The molecule has 0 aromatic carbocycles. The lowest BCUT2D eigenvalue weighted by Gasteiger charge is -2.12. The average molecular weight is 555 g/mol. The number of hydrogen-bond acceptors (Lipinski definition) is 5. The summed E-state index contributed by atoms with van der Waals surface area (Å²) in [5.74, 6) is 0.250. The van der Waals surface area contributed by atoms with E-state index >= 15 is 0 Å². The summed E-state index contributed by atoms with van der Waals surface area (Å²) < 4.78 is 10.3. The van der Waals surface area contributed by atoms with Crippen molar-refractivity contribution in [3.63, 3.8) is 0 Å². The molecule has 0 saturated heterocycles. The summed E-state index contributed by atoms with van der Waals surface area (Å²) in [7, 11) is 0. The molecule has 5 heteroatoms. The molecule has 1 N–H and O–H groups in total. The van der Waals surface area contributed by atoms with Gasteiger partial charge in [-0.3, -0.25) is 9.59 Å². The smallest absolute Gasteiger partial charge is 0.305 e. The van der Waals surface area contributed by atoms with Crippen LogP contribution in [0.25, 0.3) is 0 Å². The van der Waals surface area contributed by atoms with Crippen LogP contribution in [-0.2, 0) is 19.1 Å². The molecule has 0 aliphatic carbocycles. The van der Waals surface area contributed by atoms with Crippen LogP contribution in [0.1, 0.15) is 181 Å². The highest BCUT2D eigenvalue weighted by atomic mass is 16.6. The fourth-order valence-electron chi connectivity index (χ4n) is 4.92. The molecule has 0 aromatic heterocycles. The zero-order chi connectivity index (χ0) is 28.8. The molecule has 0 bridgehead atoms. The van der Waals surface area contributed by atoms with E-state index in [-0.39, 0.29) is 25.2 Å². The van der Waals surface area contributed by atoms with E-state index in [0.717, 1.165) is 38.0 Å². The van der Waals surface area contributed by atoms with E-state index in [2.05, 4.69) is 20.8 Å². The van der Waals surface area contributed by atoms with E-state index in [4.69, 9.17) is 9.47 Å². The van der Waals surface area contributed by atoms with Crippen molar-refractivity contribution in [1.82, 2.24) is 0 Å². The molecular weight excluding hydrogens is 488 g/mol. The monoisotopic (exact) mass is 554 g/mol. The normalized spacial score (nSPS) is 12.1. The summed E-state index contributed by atoms with van der Waals surface area (Å²) in [5, 5.41) is 9.95. The van der Waals surface area contributed by atoms with Crippen LogP contribution in [0.5, 0.6) is 0 Å². The van der Waals surface area contributed by atoms with Crippen LogP contribution in [0, 0.1) is 5.92 Å². The van der Waals surface area contributed by atoms with Crippen LogP contribution in [0.15, 0.2) is 0 Å². The van der Waals surface area contributed by atoms with Crippen LogP contribution in [0.2, 0.25) is 0 Å². The summed E-state index contributed by atoms with van der Waals surface area (Å²) >= 11 is 0. The second-order valence-corrected chi connectivity index (χ2v) is 12.1. The number of unbranched alkanes of at least 4 members (excludes halogenated alkanes) is 20. The van der Waals surface area contributed by atoms with Crippen LogP contribution >= 0.6 is 0 Å². The van der Waals surface area contributed by atoms with Gasteiger partial charge in [0.25, 0.3) is 0 Å². The lowest BCUT2D eigenvalue weighted by atomic mass is 10.0. The maximum absolute atomic E-state index is 11.9. The molecule has 0 aromatic rings. The van der Waals surface area contributed by atoms with Crippen molar-refractivity contribution in [3.05, 3.63) is 0 Å². The first-order valence-electron chi connectivity index (χ1n) is 16.9. The maximum Gasteiger partial charge on any atom is 0.305 e. The molecule has 0 unspecified atom stereocenters. The van der Waals surface area contributed by atoms with E-state index in [1.807, 2.05) is 0 Å². The van der Waals surface area contributed by atoms with Crippen molar-refractivity contribution in [3.8, 4) is 0 Å². The Balaban J connectivity index is 3.41. The third kappa shape index (κ3) is 31.3. The van der Waals surface area contributed by atoms with Crippen molar-refractivity contribution in [2.24, 2.45) is 5.92 Å². The molecule has 0 saturated carbocycles. The molecule has 0 radical (unpaired) electrons. The zero-order valence-electron chi connectivity index (χ0n) is 26.3. The lowest BCUT2D eigenvalue weighted by molar-refractivity contribution is -0.152. The first-order valence-corrected chi connectivity index (χ1v) is 16.9. The van der Waals surface area contributed by atoms with Gasteiger partial charge in [0.1, 0.15) is 19.3 Å². The number of rotatable bonds is 30. The van der Waals surface area contributed by atoms with Gasteiger partial charge in [0, 0.05) is 12.8 Å². The molecule has 232 valence electrons. The van der Waals surface area contributed by atoms with Crippen LogP contribution < -0.4 is 0 Å². The summed E-state index contributed by atoms with van der Waals surface area (Å²) in [6.45, 7) is 6.61. The minimum atomic E-state index is -0.954. The minimum Gasteiger partial charge on any atom is -0.463 e. The number of hydrogen-bond donors (Lipinski definition) is 1. The molecule has 1 atom stereocenters. The van der Waals surface area contributed by atoms with Crippen molar-refractivity contribution in [1.29, 1.82) is 0 Å². The third-order valence-corrected chi connectivity index (χ3v) is 7.52. The standard InChI is InChI=1S/C34H66O5/c1-4-5-6-7-8-9-10-11-12-13-14-18-21-24-27-33(36)38-29-32(35)30-39-34(37)28-25-22-19-16-15-17-20-23-26-31(2)3/h31-32,35H,4-30H2,1-3H3/t32-/m0/s1. The van der Waals surface area contributed by atoms with Gasteiger partial charge >= 0.3 is 11.9 Å². The Morgan fingerprint density at radius 2 is 0.821 bits per heavy atom. The lowest BCUT2D eigenvalue weighted by Crippen LogP contribution is -2.25. The van der Waals surface area contributed by atoms with Gasteiger partial charge in [-0.15, -0.1) is 0 Å². The van der Waals surface area contributed by atoms with E-state index < -0.39 is 6.10 Å². The highest BCUT2D eigenvalue weighted by molar-refractivity contribution is 5.69. The van der Waals surface area contributed by atoms with Gasteiger partial charge in [-0.05, 0) is 18.8 Å². The fraction of sp³-hybridized carbons (Fsp3) is 0.941. The van der Waals surface area contributed by atoms with Gasteiger partial charge in [0.15, 0.2) is 0 Å². The van der Waals surface area contributed by atoms with Crippen LogP contribution in [0.4, 0.5) is 0 Å². The van der Waals surface area contributed by atoms with Gasteiger partial charge in [-0.2, -0.15) is 0 Å². The highest BCUT2D eigenvalue weighted by Gasteiger charge is 2.12. The van der Waals surface area contributed by atoms with Gasteiger partial charge < -0.3 is 14.6 Å². The van der Waals surface area contributed by atoms with Gasteiger partial charge in [0.2, 0.25) is 0 Å². The maximum atomic E-state index is 11.9. The van der Waals surface area contributed by atoms with Crippen LogP contribution in [-0.4, -0.2) is 36.4 Å². The Hall–Kier alpha value is -1.10. The number of esters is 2. The fourth-order valence-corrected chi connectivity index (χ4v) is 4.92. The molecule has 0 heterocycles. The van der Waals surface area contributed by atoms with E-state index in [0.29, 0.717) is 12.8 Å². The van der Waals surface area contributed by atoms with Crippen molar-refractivity contribution in [2.75, 3.05) is 13.2 Å². The number of ether oxygens (including phenoxy) is 2. The van der Waals surface area contributed by atoms with E-state index in [9.17, 15) is 14.7 Å². The molecule has 5 nitrogen and oxygen atoms in total. The Morgan fingerprint density at radius 1 is 0.513 bits per heavy atom. The zero-order valence-corrected chi connectivity index (χ0v) is 26.3. The summed E-state index contributed by atoms with van der Waals surface area (Å²) in [6, 6.07) is 0. The van der Waals surface area contributed by atoms with Gasteiger partial charge in [-0.1, -0.05) is 156 Å². The second kappa shape index (κ2) is 29.9. The third-order valence-electron chi connectivity index (χ3n) is 7.52. The predicted octanol–water partition coefficient (Wildman–Crippen LogP) is 9.86. The molecular formula is C34H66O5. The first kappa shape index (κ1) is 37.9. The topological polar surface area (TPSA) is 72.8 Å². The van der Waals surface area contributed by atoms with E-state index in [1.165, 1.54) is 116 Å². The largest absolute Gasteiger partial charge is 0.463 e. The Kier molecular flexibility index (Phi) is 29.0. The Bertz CT molecular complexity index is 534. The molecule has 0 aliphatic heterocycles. The Morgan fingerprint density at radius 3 is 1.15 bits per heavy atom. The molecule has 0 spiro atoms. The predicted molar refractivity (Wildman–Crippen MR) is 164 cm³/mol. The highest BCUT2D eigenvalue weighted by Crippen LogP contribution is 2.15. The number of aliphatic hydroxyl groups excluding tert-OH is 1. The quantitative estimate of drug-likeness (QED) is 0.0706.